The van der Waals surface area contributed by atoms with Crippen molar-refractivity contribution in [3.63, 3.8) is 0 Å². The Morgan fingerprint density at radius 2 is 2.29 bits per heavy atom. The molecular formula is C13H15N3O5. The van der Waals surface area contributed by atoms with Crippen LogP contribution < -0.4 is 10.6 Å². The molecule has 0 saturated carbocycles. The average Bonchev–Trinajstić information content (AvgIpc) is 2.86. The first-order valence-electron chi connectivity index (χ1n) is 6.35. The molecule has 21 heavy (non-hydrogen) atoms. The molecule has 1 aromatic rings. The number of benzene rings is 1. The first kappa shape index (κ1) is 14.9. The predicted octanol–water partition coefficient (Wildman–Crippen LogP) is 0.693. The largest absolute Gasteiger partial charge is 0.465 e. The summed E-state index contributed by atoms with van der Waals surface area (Å²) in [4.78, 5) is 35.7. The zero-order chi connectivity index (χ0) is 15.6. The van der Waals surface area contributed by atoms with Crippen LogP contribution in [0.1, 0.15) is 16.8 Å². The lowest BCUT2D eigenvalue weighted by Crippen LogP contribution is -2.28. The molecule has 0 spiro atoms. The van der Waals surface area contributed by atoms with Crippen LogP contribution in [0.2, 0.25) is 0 Å². The number of ether oxygens (including phenoxy) is 1. The van der Waals surface area contributed by atoms with E-state index in [1.807, 2.05) is 0 Å². The van der Waals surface area contributed by atoms with Crippen LogP contribution in [0.25, 0.3) is 0 Å². The summed E-state index contributed by atoms with van der Waals surface area (Å²) >= 11 is 0. The van der Waals surface area contributed by atoms with Gasteiger partial charge < -0.3 is 15.4 Å². The third-order valence-corrected chi connectivity index (χ3v) is 3.43. The molecule has 2 N–H and O–H groups in total. The summed E-state index contributed by atoms with van der Waals surface area (Å²) in [5, 5.41) is 11.2. The Kier molecular flexibility index (Phi) is 4.18. The van der Waals surface area contributed by atoms with E-state index in [0.717, 1.165) is 0 Å². The summed E-state index contributed by atoms with van der Waals surface area (Å²) < 4.78 is 4.64. The third kappa shape index (κ3) is 2.70. The molecule has 1 atom stereocenters. The van der Waals surface area contributed by atoms with Crippen molar-refractivity contribution in [3.05, 3.63) is 33.9 Å². The quantitative estimate of drug-likeness (QED) is 0.496. The van der Waals surface area contributed by atoms with Crippen LogP contribution in [0.15, 0.2) is 18.2 Å². The van der Waals surface area contributed by atoms with Crippen molar-refractivity contribution in [2.45, 2.75) is 6.42 Å². The number of para-hydroxylation sites is 1. The summed E-state index contributed by atoms with van der Waals surface area (Å²) in [6.07, 6.45) is 0.211. The number of nitro benzene ring substituents is 1. The van der Waals surface area contributed by atoms with Gasteiger partial charge >= 0.3 is 5.97 Å². The topological polar surface area (TPSA) is 116 Å². The fourth-order valence-corrected chi connectivity index (χ4v) is 2.39. The summed E-state index contributed by atoms with van der Waals surface area (Å²) in [5.74, 6) is -1.09. The molecule has 1 aliphatic rings. The van der Waals surface area contributed by atoms with Gasteiger partial charge in [0.2, 0.25) is 5.91 Å². The van der Waals surface area contributed by atoms with Crippen LogP contribution in [-0.2, 0) is 9.53 Å². The maximum atomic E-state index is 12.1. The normalized spacial score (nSPS) is 17.9. The SMILES string of the molecule is COC(=O)c1cccc([N+](=O)[O-])c1N1CC(CN)CC1=O. The van der Waals surface area contributed by atoms with Gasteiger partial charge in [-0.2, -0.15) is 0 Å². The van der Waals surface area contributed by atoms with Crippen molar-refractivity contribution in [2.75, 3.05) is 25.1 Å². The van der Waals surface area contributed by atoms with Crippen molar-refractivity contribution < 1.29 is 19.2 Å². The second kappa shape index (κ2) is 5.88. The smallest absolute Gasteiger partial charge is 0.340 e. The first-order chi connectivity index (χ1) is 9.99. The Hall–Kier alpha value is -2.48. The number of nitrogens with zero attached hydrogens (tertiary/aromatic N) is 2. The number of hydrogen-bond donors (Lipinski definition) is 1. The van der Waals surface area contributed by atoms with Crippen molar-refractivity contribution in [1.82, 2.24) is 0 Å². The lowest BCUT2D eigenvalue weighted by Gasteiger charge is -2.19. The lowest BCUT2D eigenvalue weighted by molar-refractivity contribution is -0.384. The number of amides is 1. The van der Waals surface area contributed by atoms with Gasteiger partial charge in [0.25, 0.3) is 5.69 Å². The summed E-state index contributed by atoms with van der Waals surface area (Å²) in [6, 6.07) is 4.04. The Morgan fingerprint density at radius 1 is 1.57 bits per heavy atom. The summed E-state index contributed by atoms with van der Waals surface area (Å²) in [6.45, 7) is 0.556. The van der Waals surface area contributed by atoms with Gasteiger partial charge in [-0.1, -0.05) is 6.07 Å². The van der Waals surface area contributed by atoms with E-state index >= 15 is 0 Å². The minimum absolute atomic E-state index is 0.00211. The van der Waals surface area contributed by atoms with Crippen molar-refractivity contribution in [1.29, 1.82) is 0 Å². The summed E-state index contributed by atoms with van der Waals surface area (Å²) in [7, 11) is 1.18. The van der Waals surface area contributed by atoms with E-state index in [1.54, 1.807) is 0 Å². The Balaban J connectivity index is 2.57. The van der Waals surface area contributed by atoms with Crippen LogP contribution in [0.5, 0.6) is 0 Å². The van der Waals surface area contributed by atoms with E-state index in [9.17, 15) is 19.7 Å². The van der Waals surface area contributed by atoms with Gasteiger partial charge in [-0.15, -0.1) is 0 Å². The molecule has 8 nitrogen and oxygen atoms in total. The van der Waals surface area contributed by atoms with Gasteiger partial charge in [0.1, 0.15) is 5.69 Å². The molecule has 1 aliphatic heterocycles. The molecule has 1 amide bonds. The van der Waals surface area contributed by atoms with Crippen LogP contribution in [0.3, 0.4) is 0 Å². The second-order valence-electron chi connectivity index (χ2n) is 4.73. The monoisotopic (exact) mass is 293 g/mol. The Bertz CT molecular complexity index is 601. The molecule has 2 rings (SSSR count). The highest BCUT2D eigenvalue weighted by Gasteiger charge is 2.36. The van der Waals surface area contributed by atoms with E-state index < -0.39 is 10.9 Å². The molecule has 112 valence electrons. The van der Waals surface area contributed by atoms with Gasteiger partial charge in [0.15, 0.2) is 0 Å². The highest BCUT2D eigenvalue weighted by atomic mass is 16.6. The molecular weight excluding hydrogens is 278 g/mol. The van der Waals surface area contributed by atoms with E-state index in [2.05, 4.69) is 4.74 Å². The molecule has 1 unspecified atom stereocenters. The molecule has 0 aromatic heterocycles. The molecule has 1 saturated heterocycles. The van der Waals surface area contributed by atoms with Gasteiger partial charge in [-0.25, -0.2) is 4.79 Å². The molecule has 1 fully saturated rings. The number of nitrogens with two attached hydrogens (primary N) is 1. The molecule has 8 heteroatoms. The van der Waals surface area contributed by atoms with Crippen molar-refractivity contribution in [2.24, 2.45) is 11.7 Å². The van der Waals surface area contributed by atoms with Gasteiger partial charge in [-0.3, -0.25) is 14.9 Å². The van der Waals surface area contributed by atoms with Gasteiger partial charge in [0, 0.05) is 19.0 Å². The fraction of sp³-hybridized carbons (Fsp3) is 0.385. The maximum Gasteiger partial charge on any atom is 0.340 e. The predicted molar refractivity (Wildman–Crippen MR) is 74.0 cm³/mol. The van der Waals surface area contributed by atoms with Crippen molar-refractivity contribution in [3.8, 4) is 0 Å². The Labute approximate surface area is 120 Å². The van der Waals surface area contributed by atoms with E-state index in [4.69, 9.17) is 5.73 Å². The molecule has 1 aromatic carbocycles. The number of anilines is 1. The number of nitro groups is 1. The van der Waals surface area contributed by atoms with E-state index in [0.29, 0.717) is 6.54 Å². The lowest BCUT2D eigenvalue weighted by atomic mass is 10.1. The van der Waals surface area contributed by atoms with E-state index in [1.165, 1.54) is 30.2 Å². The number of hydrogen-bond acceptors (Lipinski definition) is 6. The van der Waals surface area contributed by atoms with Crippen LogP contribution in [0.4, 0.5) is 11.4 Å². The number of esters is 1. The van der Waals surface area contributed by atoms with E-state index in [-0.39, 0.29) is 41.7 Å². The minimum Gasteiger partial charge on any atom is -0.465 e. The minimum atomic E-state index is -0.724. The zero-order valence-electron chi connectivity index (χ0n) is 11.4. The summed E-state index contributed by atoms with van der Waals surface area (Å²) in [5.41, 5.74) is 5.23. The third-order valence-electron chi connectivity index (χ3n) is 3.43. The number of methoxy groups -OCH3 is 1. The maximum absolute atomic E-state index is 12.1. The standard InChI is InChI=1S/C13H15N3O5/c1-21-13(18)9-3-2-4-10(16(19)20)12(9)15-7-8(6-14)5-11(15)17/h2-4,8H,5-7,14H2,1H3. The molecule has 1 heterocycles. The van der Waals surface area contributed by atoms with Gasteiger partial charge in [0.05, 0.1) is 17.6 Å². The second-order valence-corrected chi connectivity index (χ2v) is 4.73. The molecule has 0 aliphatic carbocycles. The average molecular weight is 293 g/mol. The fourth-order valence-electron chi connectivity index (χ4n) is 2.39. The zero-order valence-corrected chi connectivity index (χ0v) is 11.4. The van der Waals surface area contributed by atoms with Gasteiger partial charge in [-0.05, 0) is 18.5 Å². The number of carbonyl (C=O) groups excluding carboxylic acids is 2. The van der Waals surface area contributed by atoms with Crippen LogP contribution in [0, 0.1) is 16.0 Å². The molecule has 0 bridgehead atoms. The number of carbonyl (C=O) groups is 2. The number of rotatable bonds is 4. The first-order valence-corrected chi connectivity index (χ1v) is 6.35. The van der Waals surface area contributed by atoms with Crippen molar-refractivity contribution >= 4 is 23.3 Å². The van der Waals surface area contributed by atoms with Crippen LogP contribution >= 0.6 is 0 Å². The van der Waals surface area contributed by atoms with Crippen LogP contribution in [-0.4, -0.2) is 37.0 Å². The Morgan fingerprint density at radius 3 is 2.81 bits per heavy atom. The highest BCUT2D eigenvalue weighted by molar-refractivity contribution is 6.06. The molecule has 0 radical (unpaired) electrons. The highest BCUT2D eigenvalue weighted by Crippen LogP contribution is 2.36.